The van der Waals surface area contributed by atoms with Gasteiger partial charge in [-0.2, -0.15) is 18.2 Å². The molecule has 4 rings (SSSR count). The lowest BCUT2D eigenvalue weighted by Gasteiger charge is -2.15. The predicted octanol–water partition coefficient (Wildman–Crippen LogP) is 4.08. The second-order valence-electron chi connectivity index (χ2n) is 6.78. The van der Waals surface area contributed by atoms with Crippen LogP contribution in [0.3, 0.4) is 0 Å². The lowest BCUT2D eigenvalue weighted by Crippen LogP contribution is -2.25. The molecular formula is C20H17F3N6O2. The third-order valence-corrected chi connectivity index (χ3v) is 4.61. The fourth-order valence-electron chi connectivity index (χ4n) is 3.01. The third kappa shape index (κ3) is 4.55. The van der Waals surface area contributed by atoms with Crippen LogP contribution in [0.2, 0.25) is 0 Å². The minimum Gasteiger partial charge on any atom is -0.447 e. The molecule has 3 heterocycles. The number of aromatic nitrogens is 4. The van der Waals surface area contributed by atoms with Crippen LogP contribution in [-0.4, -0.2) is 39.2 Å². The third-order valence-electron chi connectivity index (χ3n) is 4.61. The van der Waals surface area contributed by atoms with Crippen molar-refractivity contribution in [2.75, 3.05) is 23.4 Å². The molecule has 0 aliphatic carbocycles. The predicted molar refractivity (Wildman–Crippen MR) is 105 cm³/mol. The van der Waals surface area contributed by atoms with Gasteiger partial charge < -0.3 is 10.1 Å². The molecule has 0 spiro atoms. The van der Waals surface area contributed by atoms with E-state index in [0.29, 0.717) is 35.9 Å². The Labute approximate surface area is 175 Å². The van der Waals surface area contributed by atoms with Gasteiger partial charge in [0.1, 0.15) is 18.2 Å². The average Bonchev–Trinajstić information content (AvgIpc) is 3.19. The van der Waals surface area contributed by atoms with Crippen LogP contribution < -0.4 is 10.2 Å². The Morgan fingerprint density at radius 1 is 1.13 bits per heavy atom. The smallest absolute Gasteiger partial charge is 0.416 e. The van der Waals surface area contributed by atoms with E-state index in [1.165, 1.54) is 29.6 Å². The second-order valence-corrected chi connectivity index (χ2v) is 6.78. The number of ether oxygens (including phenoxy) is 1. The molecule has 2 aromatic heterocycles. The van der Waals surface area contributed by atoms with Crippen molar-refractivity contribution < 1.29 is 22.7 Å². The maximum atomic E-state index is 12.9. The maximum Gasteiger partial charge on any atom is 0.416 e. The Bertz CT molecular complexity index is 1090. The Morgan fingerprint density at radius 2 is 1.90 bits per heavy atom. The highest BCUT2D eigenvalue weighted by molar-refractivity contribution is 5.88. The van der Waals surface area contributed by atoms with Gasteiger partial charge in [0.05, 0.1) is 18.2 Å². The summed E-state index contributed by atoms with van der Waals surface area (Å²) in [5.74, 6) is 1.09. The summed E-state index contributed by atoms with van der Waals surface area (Å²) in [5, 5.41) is 3.05. The van der Waals surface area contributed by atoms with Crippen LogP contribution in [0.15, 0.2) is 48.9 Å². The first kappa shape index (κ1) is 20.5. The van der Waals surface area contributed by atoms with E-state index in [1.807, 2.05) is 0 Å². The number of alkyl halides is 3. The van der Waals surface area contributed by atoms with Crippen molar-refractivity contribution in [2.24, 2.45) is 0 Å². The molecule has 31 heavy (non-hydrogen) atoms. The molecule has 160 valence electrons. The number of nitrogens with zero attached hydrogens (tertiary/aromatic N) is 5. The summed E-state index contributed by atoms with van der Waals surface area (Å²) in [6, 6.07) is 6.19. The summed E-state index contributed by atoms with van der Waals surface area (Å²) >= 11 is 0. The standard InChI is InChI=1S/C20H17F3N6O2/c1-12(27-18-24-6-5-16(28-18)29-7-8-31-19(29)30)17-25-10-14(11-26-17)13-3-2-4-15(9-13)20(21,22)23/h2-6,9-12H,7-8H2,1H3,(H,24,27,28). The number of cyclic esters (lactones) is 1. The summed E-state index contributed by atoms with van der Waals surface area (Å²) < 4.78 is 43.7. The number of carbonyl (C=O) groups excluding carboxylic acids is 1. The van der Waals surface area contributed by atoms with Gasteiger partial charge in [0.25, 0.3) is 0 Å². The number of rotatable bonds is 5. The molecule has 0 radical (unpaired) electrons. The first-order valence-corrected chi connectivity index (χ1v) is 9.35. The number of hydrogen-bond donors (Lipinski definition) is 1. The molecular weight excluding hydrogens is 413 g/mol. The van der Waals surface area contributed by atoms with Gasteiger partial charge in [0, 0.05) is 24.2 Å². The van der Waals surface area contributed by atoms with E-state index in [-0.39, 0.29) is 5.95 Å². The van der Waals surface area contributed by atoms with Gasteiger partial charge >= 0.3 is 12.3 Å². The van der Waals surface area contributed by atoms with E-state index in [0.717, 1.165) is 12.1 Å². The molecule has 3 aromatic rings. The maximum absolute atomic E-state index is 12.9. The Kier molecular flexibility index (Phi) is 5.40. The van der Waals surface area contributed by atoms with Crippen LogP contribution in [0.5, 0.6) is 0 Å². The molecule has 1 saturated heterocycles. The molecule has 1 unspecified atom stereocenters. The first-order chi connectivity index (χ1) is 14.8. The van der Waals surface area contributed by atoms with E-state index in [1.54, 1.807) is 19.1 Å². The Balaban J connectivity index is 1.48. The van der Waals surface area contributed by atoms with E-state index >= 15 is 0 Å². The number of anilines is 2. The molecule has 1 N–H and O–H groups in total. The van der Waals surface area contributed by atoms with E-state index in [4.69, 9.17) is 4.74 Å². The zero-order chi connectivity index (χ0) is 22.0. The largest absolute Gasteiger partial charge is 0.447 e. The highest BCUT2D eigenvalue weighted by atomic mass is 19.4. The average molecular weight is 430 g/mol. The van der Waals surface area contributed by atoms with Crippen LogP contribution in [0.4, 0.5) is 29.7 Å². The van der Waals surface area contributed by atoms with Gasteiger partial charge in [-0.25, -0.2) is 19.7 Å². The SMILES string of the molecule is CC(Nc1nccc(N2CCOC2=O)n1)c1ncc(-c2cccc(C(F)(F)F)c2)cn1. The minimum absolute atomic E-state index is 0.273. The normalized spacial score (nSPS) is 15.0. The van der Waals surface area contributed by atoms with Crippen molar-refractivity contribution in [1.82, 2.24) is 19.9 Å². The second kappa shape index (κ2) is 8.17. The number of carbonyl (C=O) groups is 1. The molecule has 1 aliphatic rings. The van der Waals surface area contributed by atoms with Crippen LogP contribution in [0.1, 0.15) is 24.4 Å². The molecule has 1 fully saturated rings. The lowest BCUT2D eigenvalue weighted by molar-refractivity contribution is -0.137. The number of hydrogen-bond acceptors (Lipinski definition) is 7. The highest BCUT2D eigenvalue weighted by Gasteiger charge is 2.30. The summed E-state index contributed by atoms with van der Waals surface area (Å²) in [6.07, 6.45) is -0.441. The molecule has 1 atom stereocenters. The van der Waals surface area contributed by atoms with Crippen LogP contribution in [0, 0.1) is 0 Å². The lowest BCUT2D eigenvalue weighted by atomic mass is 10.1. The fourth-order valence-corrected chi connectivity index (χ4v) is 3.01. The monoisotopic (exact) mass is 430 g/mol. The Morgan fingerprint density at radius 3 is 2.58 bits per heavy atom. The quantitative estimate of drug-likeness (QED) is 0.652. The van der Waals surface area contributed by atoms with E-state index in [2.05, 4.69) is 25.3 Å². The van der Waals surface area contributed by atoms with Gasteiger partial charge in [-0.3, -0.25) is 4.90 Å². The Hall–Kier alpha value is -3.76. The molecule has 11 heteroatoms. The van der Waals surface area contributed by atoms with Crippen molar-refractivity contribution in [3.8, 4) is 11.1 Å². The van der Waals surface area contributed by atoms with Gasteiger partial charge in [-0.15, -0.1) is 0 Å². The zero-order valence-electron chi connectivity index (χ0n) is 16.3. The van der Waals surface area contributed by atoms with Crippen molar-refractivity contribution in [2.45, 2.75) is 19.1 Å². The van der Waals surface area contributed by atoms with Crippen molar-refractivity contribution >= 4 is 17.9 Å². The summed E-state index contributed by atoms with van der Waals surface area (Å²) in [7, 11) is 0. The van der Waals surface area contributed by atoms with Gasteiger partial charge in [0.15, 0.2) is 0 Å². The van der Waals surface area contributed by atoms with E-state index < -0.39 is 23.9 Å². The molecule has 1 aliphatic heterocycles. The first-order valence-electron chi connectivity index (χ1n) is 9.35. The fraction of sp³-hybridized carbons (Fsp3) is 0.250. The van der Waals surface area contributed by atoms with Crippen molar-refractivity contribution in [3.63, 3.8) is 0 Å². The minimum atomic E-state index is -4.42. The summed E-state index contributed by atoms with van der Waals surface area (Å²) in [5.41, 5.74) is 0.103. The van der Waals surface area contributed by atoms with Gasteiger partial charge in [-0.1, -0.05) is 12.1 Å². The number of benzene rings is 1. The number of nitrogens with one attached hydrogen (secondary N) is 1. The zero-order valence-corrected chi connectivity index (χ0v) is 16.3. The van der Waals surface area contributed by atoms with E-state index in [9.17, 15) is 18.0 Å². The molecule has 0 bridgehead atoms. The van der Waals surface area contributed by atoms with Gasteiger partial charge in [0.2, 0.25) is 5.95 Å². The van der Waals surface area contributed by atoms with Crippen molar-refractivity contribution in [1.29, 1.82) is 0 Å². The van der Waals surface area contributed by atoms with Gasteiger partial charge in [-0.05, 0) is 30.7 Å². The van der Waals surface area contributed by atoms with Crippen LogP contribution in [0.25, 0.3) is 11.1 Å². The molecule has 1 aromatic carbocycles. The van der Waals surface area contributed by atoms with Crippen molar-refractivity contribution in [3.05, 3.63) is 60.3 Å². The highest BCUT2D eigenvalue weighted by Crippen LogP contribution is 2.32. The number of halogens is 3. The molecule has 0 saturated carbocycles. The molecule has 8 nitrogen and oxygen atoms in total. The topological polar surface area (TPSA) is 93.1 Å². The summed E-state index contributed by atoms with van der Waals surface area (Å²) in [6.45, 7) is 2.50. The summed E-state index contributed by atoms with van der Waals surface area (Å²) in [4.78, 5) is 30.1. The number of amides is 1. The van der Waals surface area contributed by atoms with Crippen LogP contribution in [-0.2, 0) is 10.9 Å². The molecule has 1 amide bonds. The van der Waals surface area contributed by atoms with Crippen LogP contribution >= 0.6 is 0 Å².